The second kappa shape index (κ2) is 8.18. The SMILES string of the molecule is COC(=O)c1csc(CC(/C=C/C=C\Br)OC)n1. The second-order valence-corrected chi connectivity index (χ2v) is 4.77. The summed E-state index contributed by atoms with van der Waals surface area (Å²) in [5.41, 5.74) is 0.344. The van der Waals surface area contributed by atoms with E-state index in [1.807, 2.05) is 18.2 Å². The van der Waals surface area contributed by atoms with Crippen molar-refractivity contribution in [3.63, 3.8) is 0 Å². The zero-order valence-electron chi connectivity index (χ0n) is 10.1. The Bertz CT molecular complexity index is 442. The molecule has 4 nitrogen and oxygen atoms in total. The first-order valence-electron chi connectivity index (χ1n) is 5.20. The van der Waals surface area contributed by atoms with Gasteiger partial charge < -0.3 is 9.47 Å². The van der Waals surface area contributed by atoms with E-state index in [0.29, 0.717) is 12.1 Å². The number of allylic oxidation sites excluding steroid dienone is 2. The Kier molecular flexibility index (Phi) is 6.85. The summed E-state index contributed by atoms with van der Waals surface area (Å²) in [5.74, 6) is -0.413. The van der Waals surface area contributed by atoms with Crippen molar-refractivity contribution in [3.8, 4) is 0 Å². The third kappa shape index (κ3) is 4.72. The van der Waals surface area contributed by atoms with E-state index in [1.54, 1.807) is 17.5 Å². The van der Waals surface area contributed by atoms with Crippen molar-refractivity contribution in [1.29, 1.82) is 0 Å². The van der Waals surface area contributed by atoms with Crippen molar-refractivity contribution in [2.24, 2.45) is 0 Å². The number of thiazole rings is 1. The van der Waals surface area contributed by atoms with Crippen molar-refractivity contribution in [1.82, 2.24) is 4.98 Å². The fourth-order valence-electron chi connectivity index (χ4n) is 1.24. The first kappa shape index (κ1) is 15.1. The summed E-state index contributed by atoms with van der Waals surface area (Å²) < 4.78 is 9.92. The van der Waals surface area contributed by atoms with Gasteiger partial charge in [-0.2, -0.15) is 0 Å². The molecule has 1 aromatic heterocycles. The zero-order chi connectivity index (χ0) is 13.4. The molecular weight excluding hydrogens is 318 g/mol. The predicted molar refractivity (Wildman–Crippen MR) is 75.2 cm³/mol. The molecule has 0 aliphatic carbocycles. The third-order valence-corrected chi connectivity index (χ3v) is 3.31. The molecule has 1 aromatic rings. The first-order valence-corrected chi connectivity index (χ1v) is 6.99. The Balaban J connectivity index is 2.64. The maximum atomic E-state index is 11.3. The molecule has 98 valence electrons. The van der Waals surface area contributed by atoms with Crippen LogP contribution >= 0.6 is 27.3 Å². The van der Waals surface area contributed by atoms with E-state index in [9.17, 15) is 4.79 Å². The number of carbonyl (C=O) groups excluding carboxylic acids is 1. The van der Waals surface area contributed by atoms with E-state index in [0.717, 1.165) is 5.01 Å². The van der Waals surface area contributed by atoms with Crippen LogP contribution in [0.5, 0.6) is 0 Å². The summed E-state index contributed by atoms with van der Waals surface area (Å²) in [5, 5.41) is 2.53. The van der Waals surface area contributed by atoms with Gasteiger partial charge in [0.1, 0.15) is 0 Å². The molecule has 1 unspecified atom stereocenters. The normalized spacial score (nSPS) is 13.3. The van der Waals surface area contributed by atoms with Gasteiger partial charge in [0, 0.05) is 18.9 Å². The standard InChI is InChI=1S/C12H14BrNO3S/c1-16-9(5-3-4-6-13)7-11-14-10(8-18-11)12(15)17-2/h3-6,8-9H,7H2,1-2H3/b5-3+,6-4-. The number of esters is 1. The minimum absolute atomic E-state index is 0.0645. The molecule has 0 bridgehead atoms. The predicted octanol–water partition coefficient (Wildman–Crippen LogP) is 2.95. The lowest BCUT2D eigenvalue weighted by atomic mass is 10.2. The summed E-state index contributed by atoms with van der Waals surface area (Å²) in [6, 6.07) is 0. The second-order valence-electron chi connectivity index (χ2n) is 3.30. The quantitative estimate of drug-likeness (QED) is 0.594. The first-order chi connectivity index (χ1) is 8.71. The fraction of sp³-hybridized carbons (Fsp3) is 0.333. The summed E-state index contributed by atoms with van der Waals surface area (Å²) in [6.07, 6.45) is 6.23. The Morgan fingerprint density at radius 3 is 2.94 bits per heavy atom. The molecule has 0 amide bonds. The highest BCUT2D eigenvalue weighted by molar-refractivity contribution is 9.11. The Hall–Kier alpha value is -0.980. The third-order valence-electron chi connectivity index (χ3n) is 2.13. The van der Waals surface area contributed by atoms with Gasteiger partial charge in [-0.05, 0) is 4.99 Å². The molecule has 0 aliphatic heterocycles. The van der Waals surface area contributed by atoms with Gasteiger partial charge in [0.25, 0.3) is 0 Å². The van der Waals surface area contributed by atoms with Crippen molar-refractivity contribution in [3.05, 3.63) is 39.3 Å². The van der Waals surface area contributed by atoms with Crippen LogP contribution in [0.4, 0.5) is 0 Å². The molecule has 0 spiro atoms. The molecule has 1 atom stereocenters. The highest BCUT2D eigenvalue weighted by Crippen LogP contribution is 2.14. The Morgan fingerprint density at radius 2 is 2.33 bits per heavy atom. The maximum absolute atomic E-state index is 11.3. The number of hydrogen-bond acceptors (Lipinski definition) is 5. The Morgan fingerprint density at radius 1 is 1.56 bits per heavy atom. The minimum Gasteiger partial charge on any atom is -0.464 e. The lowest BCUT2D eigenvalue weighted by Crippen LogP contribution is -2.11. The lowest BCUT2D eigenvalue weighted by molar-refractivity contribution is 0.0594. The number of carbonyl (C=O) groups is 1. The molecule has 0 saturated carbocycles. The highest BCUT2D eigenvalue weighted by Gasteiger charge is 2.13. The van der Waals surface area contributed by atoms with Crippen LogP contribution in [-0.2, 0) is 15.9 Å². The van der Waals surface area contributed by atoms with Crippen LogP contribution in [0.1, 0.15) is 15.5 Å². The summed E-state index contributed by atoms with van der Waals surface area (Å²) in [4.78, 5) is 17.2. The van der Waals surface area contributed by atoms with Gasteiger partial charge in [0.15, 0.2) is 5.69 Å². The molecule has 0 aliphatic rings. The van der Waals surface area contributed by atoms with E-state index in [4.69, 9.17) is 4.74 Å². The van der Waals surface area contributed by atoms with Crippen LogP contribution in [0, 0.1) is 0 Å². The topological polar surface area (TPSA) is 48.4 Å². The average molecular weight is 332 g/mol. The van der Waals surface area contributed by atoms with Crippen LogP contribution in [-0.4, -0.2) is 31.3 Å². The smallest absolute Gasteiger partial charge is 0.357 e. The van der Waals surface area contributed by atoms with Crippen molar-refractivity contribution in [2.75, 3.05) is 14.2 Å². The number of ether oxygens (including phenoxy) is 2. The summed E-state index contributed by atoms with van der Waals surface area (Å²) >= 11 is 4.60. The van der Waals surface area contributed by atoms with Crippen LogP contribution in [0.3, 0.4) is 0 Å². The molecule has 0 saturated heterocycles. The van der Waals surface area contributed by atoms with E-state index < -0.39 is 5.97 Å². The van der Waals surface area contributed by atoms with Gasteiger partial charge in [0.2, 0.25) is 0 Å². The molecule has 0 N–H and O–H groups in total. The molecule has 0 radical (unpaired) electrons. The average Bonchev–Trinajstić information content (AvgIpc) is 2.85. The van der Waals surface area contributed by atoms with Crippen LogP contribution in [0.15, 0.2) is 28.6 Å². The zero-order valence-corrected chi connectivity index (χ0v) is 12.5. The molecule has 1 rings (SSSR count). The van der Waals surface area contributed by atoms with Crippen LogP contribution in [0.2, 0.25) is 0 Å². The molecule has 1 heterocycles. The van der Waals surface area contributed by atoms with E-state index in [1.165, 1.54) is 18.4 Å². The number of methoxy groups -OCH3 is 2. The lowest BCUT2D eigenvalue weighted by Gasteiger charge is -2.07. The van der Waals surface area contributed by atoms with Gasteiger partial charge in [-0.1, -0.05) is 34.2 Å². The summed E-state index contributed by atoms with van der Waals surface area (Å²) in [7, 11) is 2.98. The maximum Gasteiger partial charge on any atom is 0.357 e. The number of halogens is 1. The van der Waals surface area contributed by atoms with E-state index in [2.05, 4.69) is 25.7 Å². The van der Waals surface area contributed by atoms with Gasteiger partial charge in [-0.3, -0.25) is 0 Å². The Labute approximate surface area is 118 Å². The monoisotopic (exact) mass is 331 g/mol. The van der Waals surface area contributed by atoms with Gasteiger partial charge in [-0.25, -0.2) is 9.78 Å². The molecule has 18 heavy (non-hydrogen) atoms. The molecule has 0 aromatic carbocycles. The van der Waals surface area contributed by atoms with Crippen molar-refractivity contribution in [2.45, 2.75) is 12.5 Å². The number of aromatic nitrogens is 1. The largest absolute Gasteiger partial charge is 0.464 e. The minimum atomic E-state index is -0.413. The number of hydrogen-bond donors (Lipinski definition) is 0. The van der Waals surface area contributed by atoms with Crippen molar-refractivity contribution >= 4 is 33.2 Å². The number of nitrogens with zero attached hydrogens (tertiary/aromatic N) is 1. The van der Waals surface area contributed by atoms with Gasteiger partial charge in [0.05, 0.1) is 18.2 Å². The van der Waals surface area contributed by atoms with Gasteiger partial charge in [-0.15, -0.1) is 11.3 Å². The summed E-state index contributed by atoms with van der Waals surface area (Å²) in [6.45, 7) is 0. The highest BCUT2D eigenvalue weighted by atomic mass is 79.9. The van der Waals surface area contributed by atoms with Gasteiger partial charge >= 0.3 is 5.97 Å². The molecule has 0 fully saturated rings. The van der Waals surface area contributed by atoms with E-state index >= 15 is 0 Å². The van der Waals surface area contributed by atoms with Crippen LogP contribution < -0.4 is 0 Å². The van der Waals surface area contributed by atoms with Crippen molar-refractivity contribution < 1.29 is 14.3 Å². The van der Waals surface area contributed by atoms with E-state index in [-0.39, 0.29) is 6.10 Å². The molecular formula is C12H14BrNO3S. The van der Waals surface area contributed by atoms with Crippen LogP contribution in [0.25, 0.3) is 0 Å². The number of rotatable bonds is 6. The molecule has 6 heteroatoms. The fourth-order valence-corrected chi connectivity index (χ4v) is 2.22.